The number of rotatable bonds is 1. The quantitative estimate of drug-likeness (QED) is 0.829. The van der Waals surface area contributed by atoms with Gasteiger partial charge in [0.1, 0.15) is 17.7 Å². The van der Waals surface area contributed by atoms with Crippen LogP contribution in [0.15, 0.2) is 12.1 Å². The molecule has 2 aliphatic rings. The van der Waals surface area contributed by atoms with E-state index >= 15 is 0 Å². The Hall–Kier alpha value is -1.51. The molecule has 0 aliphatic carbocycles. The van der Waals surface area contributed by atoms with E-state index in [1.807, 2.05) is 0 Å². The van der Waals surface area contributed by atoms with Gasteiger partial charge < -0.3 is 10.4 Å². The molecule has 1 aromatic carbocycles. The van der Waals surface area contributed by atoms with Crippen molar-refractivity contribution < 1.29 is 13.9 Å². The van der Waals surface area contributed by atoms with E-state index < -0.39 is 17.2 Å². The maximum absolute atomic E-state index is 14.1. The van der Waals surface area contributed by atoms with Crippen LogP contribution in [0.4, 0.5) is 8.78 Å². The minimum absolute atomic E-state index is 0.0209. The Morgan fingerprint density at radius 3 is 2.45 bits per heavy atom. The third-order valence-electron chi connectivity index (χ3n) is 4.42. The average molecular weight is 278 g/mol. The summed E-state index contributed by atoms with van der Waals surface area (Å²) in [5.74, 6) is -1.48. The minimum Gasteiger partial charge on any atom is -0.385 e. The van der Waals surface area contributed by atoms with Crippen LogP contribution in [-0.4, -0.2) is 17.2 Å². The van der Waals surface area contributed by atoms with E-state index in [0.29, 0.717) is 12.8 Å². The summed E-state index contributed by atoms with van der Waals surface area (Å²) in [7, 11) is 0. The van der Waals surface area contributed by atoms with Crippen molar-refractivity contribution in [2.75, 3.05) is 0 Å². The second kappa shape index (κ2) is 4.80. The van der Waals surface area contributed by atoms with Gasteiger partial charge in [-0.1, -0.05) is 6.42 Å². The lowest BCUT2D eigenvalue weighted by Crippen LogP contribution is -2.54. The van der Waals surface area contributed by atoms with E-state index in [4.69, 9.17) is 5.26 Å². The number of halogens is 2. The zero-order chi connectivity index (χ0) is 14.3. The second-order valence-corrected chi connectivity index (χ2v) is 5.85. The van der Waals surface area contributed by atoms with E-state index in [-0.39, 0.29) is 23.2 Å². The summed E-state index contributed by atoms with van der Waals surface area (Å²) in [5, 5.41) is 22.9. The highest BCUT2D eigenvalue weighted by molar-refractivity contribution is 5.37. The number of piperidine rings is 2. The first kappa shape index (κ1) is 13.5. The zero-order valence-corrected chi connectivity index (χ0v) is 11.0. The summed E-state index contributed by atoms with van der Waals surface area (Å²) in [6.07, 6.45) is 3.75. The van der Waals surface area contributed by atoms with E-state index in [1.165, 1.54) is 0 Å². The van der Waals surface area contributed by atoms with E-state index in [9.17, 15) is 13.9 Å². The summed E-state index contributed by atoms with van der Waals surface area (Å²) in [6.45, 7) is 0. The predicted octanol–water partition coefficient (Wildman–Crippen LogP) is 2.33. The van der Waals surface area contributed by atoms with Crippen molar-refractivity contribution in [2.24, 2.45) is 0 Å². The molecule has 2 bridgehead atoms. The van der Waals surface area contributed by atoms with Crippen molar-refractivity contribution in [3.63, 3.8) is 0 Å². The number of hydrogen-bond donors (Lipinski definition) is 2. The third-order valence-corrected chi connectivity index (χ3v) is 4.42. The molecule has 2 N–H and O–H groups in total. The lowest BCUT2D eigenvalue weighted by Gasteiger charge is -2.45. The van der Waals surface area contributed by atoms with Gasteiger partial charge in [-0.3, -0.25) is 0 Å². The number of nitriles is 1. The molecule has 1 aromatic rings. The van der Waals surface area contributed by atoms with E-state index in [2.05, 4.69) is 5.32 Å². The van der Waals surface area contributed by atoms with Gasteiger partial charge in [-0.25, -0.2) is 8.78 Å². The third kappa shape index (κ3) is 2.19. The van der Waals surface area contributed by atoms with Gasteiger partial charge in [-0.15, -0.1) is 0 Å². The number of fused-ring (bicyclic) bond motifs is 2. The molecule has 2 atom stereocenters. The largest absolute Gasteiger partial charge is 0.385 e. The Bertz CT molecular complexity index is 570. The summed E-state index contributed by atoms with van der Waals surface area (Å²) in [6, 6.07) is 3.75. The Balaban J connectivity index is 1.99. The lowest BCUT2D eigenvalue weighted by atomic mass is 9.73. The second-order valence-electron chi connectivity index (χ2n) is 5.85. The summed E-state index contributed by atoms with van der Waals surface area (Å²) in [5.41, 5.74) is -1.70. The summed E-state index contributed by atoms with van der Waals surface area (Å²) in [4.78, 5) is 0. The van der Waals surface area contributed by atoms with Crippen molar-refractivity contribution in [3.8, 4) is 6.07 Å². The van der Waals surface area contributed by atoms with Crippen LogP contribution in [0.25, 0.3) is 0 Å². The predicted molar refractivity (Wildman–Crippen MR) is 68.8 cm³/mol. The molecule has 0 saturated carbocycles. The monoisotopic (exact) mass is 278 g/mol. The van der Waals surface area contributed by atoms with Gasteiger partial charge in [-0.2, -0.15) is 5.26 Å². The maximum Gasteiger partial charge on any atom is 0.141 e. The van der Waals surface area contributed by atoms with Gasteiger partial charge in [-0.05, 0) is 37.8 Å². The molecule has 0 aromatic heterocycles. The van der Waals surface area contributed by atoms with Crippen molar-refractivity contribution in [1.82, 2.24) is 5.32 Å². The smallest absolute Gasteiger partial charge is 0.141 e. The molecule has 2 saturated heterocycles. The Labute approximate surface area is 116 Å². The van der Waals surface area contributed by atoms with Crippen molar-refractivity contribution >= 4 is 0 Å². The molecule has 3 nitrogen and oxygen atoms in total. The summed E-state index contributed by atoms with van der Waals surface area (Å²) < 4.78 is 27.9. The Morgan fingerprint density at radius 2 is 1.85 bits per heavy atom. The first-order valence-corrected chi connectivity index (χ1v) is 6.90. The van der Waals surface area contributed by atoms with Crippen LogP contribution in [0.2, 0.25) is 0 Å². The molecular formula is C15H16F2N2O. The molecule has 0 amide bonds. The summed E-state index contributed by atoms with van der Waals surface area (Å²) >= 11 is 0. The topological polar surface area (TPSA) is 56.0 Å². The molecule has 0 spiro atoms. The number of nitrogens with zero attached hydrogens (tertiary/aromatic N) is 1. The minimum atomic E-state index is -1.35. The molecule has 2 aliphatic heterocycles. The van der Waals surface area contributed by atoms with E-state index in [0.717, 1.165) is 31.4 Å². The highest BCUT2D eigenvalue weighted by atomic mass is 19.1. The molecule has 2 fully saturated rings. The molecule has 3 rings (SSSR count). The lowest BCUT2D eigenvalue weighted by molar-refractivity contribution is -0.0386. The van der Waals surface area contributed by atoms with Gasteiger partial charge in [0.15, 0.2) is 0 Å². The van der Waals surface area contributed by atoms with Crippen LogP contribution >= 0.6 is 0 Å². The molecule has 20 heavy (non-hydrogen) atoms. The van der Waals surface area contributed by atoms with Crippen molar-refractivity contribution in [1.29, 1.82) is 5.26 Å². The van der Waals surface area contributed by atoms with Gasteiger partial charge in [0.05, 0.1) is 11.2 Å². The van der Waals surface area contributed by atoms with Crippen molar-refractivity contribution in [2.45, 2.75) is 49.8 Å². The molecule has 106 valence electrons. The molecule has 5 heteroatoms. The van der Waals surface area contributed by atoms with E-state index in [1.54, 1.807) is 6.07 Å². The molecule has 2 unspecified atom stereocenters. The Kier molecular flexibility index (Phi) is 3.23. The number of aliphatic hydroxyl groups is 1. The van der Waals surface area contributed by atoms with Crippen LogP contribution in [0.5, 0.6) is 0 Å². The number of hydrogen-bond acceptors (Lipinski definition) is 3. The Morgan fingerprint density at radius 1 is 1.20 bits per heavy atom. The first-order valence-electron chi connectivity index (χ1n) is 6.90. The van der Waals surface area contributed by atoms with Crippen LogP contribution in [-0.2, 0) is 5.60 Å². The van der Waals surface area contributed by atoms with Gasteiger partial charge in [0, 0.05) is 17.6 Å². The fraction of sp³-hybridized carbons (Fsp3) is 0.533. The van der Waals surface area contributed by atoms with Crippen LogP contribution in [0, 0.1) is 23.0 Å². The fourth-order valence-corrected chi connectivity index (χ4v) is 3.54. The van der Waals surface area contributed by atoms with Gasteiger partial charge >= 0.3 is 0 Å². The van der Waals surface area contributed by atoms with Crippen LogP contribution < -0.4 is 5.32 Å². The SMILES string of the molecule is N#Cc1cc(F)c(C2(O)CC3CCCC(C2)N3)cc1F. The molecule has 0 radical (unpaired) electrons. The normalized spacial score (nSPS) is 32.7. The van der Waals surface area contributed by atoms with Crippen molar-refractivity contribution in [3.05, 3.63) is 34.9 Å². The van der Waals surface area contributed by atoms with Crippen LogP contribution in [0.3, 0.4) is 0 Å². The average Bonchev–Trinajstić information content (AvgIpc) is 2.40. The molecular weight excluding hydrogens is 262 g/mol. The highest BCUT2D eigenvalue weighted by Crippen LogP contribution is 2.40. The number of benzene rings is 1. The first-order chi connectivity index (χ1) is 9.51. The zero-order valence-electron chi connectivity index (χ0n) is 11.0. The maximum atomic E-state index is 14.1. The van der Waals surface area contributed by atoms with Gasteiger partial charge in [0.25, 0.3) is 0 Å². The highest BCUT2D eigenvalue weighted by Gasteiger charge is 2.43. The molecule has 2 heterocycles. The fourth-order valence-electron chi connectivity index (χ4n) is 3.54. The standard InChI is InChI=1S/C15H16F2N2O/c16-13-5-12(14(17)4-9(13)8-18)15(20)6-10-2-1-3-11(7-15)19-10/h4-5,10-11,19-20H,1-3,6-7H2. The van der Waals surface area contributed by atoms with Crippen LogP contribution in [0.1, 0.15) is 43.2 Å². The van der Waals surface area contributed by atoms with Gasteiger partial charge in [0.2, 0.25) is 0 Å². The number of nitrogens with one attached hydrogen (secondary N) is 1.